The molecular formula is C28H27N5O5S. The number of anilines is 1. The van der Waals surface area contributed by atoms with E-state index in [1.54, 1.807) is 52.4 Å². The molecule has 0 saturated carbocycles. The molecule has 0 radical (unpaired) electrons. The lowest BCUT2D eigenvalue weighted by Gasteiger charge is -2.35. The van der Waals surface area contributed by atoms with Crippen molar-refractivity contribution in [2.45, 2.75) is 4.90 Å². The van der Waals surface area contributed by atoms with Crippen molar-refractivity contribution in [1.29, 1.82) is 0 Å². The molecule has 2 aromatic carbocycles. The first kappa shape index (κ1) is 26.3. The summed E-state index contributed by atoms with van der Waals surface area (Å²) in [5.41, 5.74) is 2.07. The fourth-order valence-electron chi connectivity index (χ4n) is 4.42. The maximum atomic E-state index is 13.3. The number of hydrogen-bond acceptors (Lipinski definition) is 8. The molecule has 200 valence electrons. The van der Waals surface area contributed by atoms with Gasteiger partial charge in [0.05, 0.1) is 14.2 Å². The summed E-state index contributed by atoms with van der Waals surface area (Å²) in [6, 6.07) is 17.5. The summed E-state index contributed by atoms with van der Waals surface area (Å²) in [5.74, 6) is 0.466. The monoisotopic (exact) mass is 545 g/mol. The number of hydrogen-bond donors (Lipinski definition) is 1. The first-order chi connectivity index (χ1) is 19.0. The van der Waals surface area contributed by atoms with Crippen LogP contribution in [-0.2, 0) is 11.4 Å². The Kier molecular flexibility index (Phi) is 7.80. The first-order valence-corrected chi connectivity index (χ1v) is 13.4. The van der Waals surface area contributed by atoms with Crippen molar-refractivity contribution in [2.75, 3.05) is 45.1 Å². The van der Waals surface area contributed by atoms with Crippen molar-refractivity contribution in [3.8, 4) is 11.6 Å². The third-order valence-electron chi connectivity index (χ3n) is 6.49. The minimum absolute atomic E-state index is 0.130. The zero-order valence-corrected chi connectivity index (χ0v) is 22.3. The average Bonchev–Trinajstić information content (AvgIpc) is 3.00. The Bertz CT molecular complexity index is 1500. The number of aromatic nitrogens is 2. The van der Waals surface area contributed by atoms with Gasteiger partial charge in [0.1, 0.15) is 28.3 Å². The van der Waals surface area contributed by atoms with E-state index in [0.717, 1.165) is 5.39 Å². The van der Waals surface area contributed by atoms with Crippen LogP contribution in [0.1, 0.15) is 20.7 Å². The van der Waals surface area contributed by atoms with E-state index < -0.39 is 11.4 Å². The molecule has 2 aromatic heterocycles. The number of piperazine rings is 1. The highest BCUT2D eigenvalue weighted by Gasteiger charge is 2.27. The molecule has 1 N–H and O–H groups in total. The second-order valence-corrected chi connectivity index (χ2v) is 9.97. The number of rotatable bonds is 7. The molecule has 1 atom stereocenters. The minimum atomic E-state index is -1.61. The largest absolute Gasteiger partial charge is 0.588 e. The van der Waals surface area contributed by atoms with E-state index in [1.165, 1.54) is 20.4 Å². The topological polar surface area (TPSA) is 120 Å². The van der Waals surface area contributed by atoms with Gasteiger partial charge in [0.25, 0.3) is 11.8 Å². The first-order valence-electron chi connectivity index (χ1n) is 12.3. The number of fused-ring (bicyclic) bond motifs is 1. The van der Waals surface area contributed by atoms with Gasteiger partial charge in [-0.2, -0.15) is 4.72 Å². The fourth-order valence-corrected chi connectivity index (χ4v) is 5.45. The van der Waals surface area contributed by atoms with Crippen LogP contribution < -0.4 is 14.2 Å². The van der Waals surface area contributed by atoms with Gasteiger partial charge < -0.3 is 23.8 Å². The van der Waals surface area contributed by atoms with Crippen LogP contribution in [0.4, 0.5) is 5.69 Å². The summed E-state index contributed by atoms with van der Waals surface area (Å²) in [5, 5.41) is 0.889. The van der Waals surface area contributed by atoms with E-state index in [2.05, 4.69) is 14.7 Å². The molecule has 1 fully saturated rings. The highest BCUT2D eigenvalue weighted by Crippen LogP contribution is 2.30. The predicted molar refractivity (Wildman–Crippen MR) is 147 cm³/mol. The van der Waals surface area contributed by atoms with Crippen LogP contribution in [-0.4, -0.2) is 76.5 Å². The van der Waals surface area contributed by atoms with Crippen molar-refractivity contribution in [3.63, 3.8) is 0 Å². The van der Waals surface area contributed by atoms with E-state index >= 15 is 0 Å². The molecule has 39 heavy (non-hydrogen) atoms. The second kappa shape index (κ2) is 11.6. The van der Waals surface area contributed by atoms with Gasteiger partial charge >= 0.3 is 0 Å². The Morgan fingerprint density at radius 2 is 1.54 bits per heavy atom. The molecule has 1 aliphatic rings. The molecule has 1 saturated heterocycles. The van der Waals surface area contributed by atoms with Crippen LogP contribution in [0.2, 0.25) is 0 Å². The number of para-hydroxylation sites is 1. The van der Waals surface area contributed by atoms with Gasteiger partial charge in [-0.15, -0.1) is 0 Å². The Balaban J connectivity index is 1.25. The van der Waals surface area contributed by atoms with E-state index in [9.17, 15) is 14.1 Å². The average molecular weight is 546 g/mol. The van der Waals surface area contributed by atoms with E-state index in [0.29, 0.717) is 65.0 Å². The fraction of sp³-hybridized carbons (Fsp3) is 0.214. The predicted octanol–water partition coefficient (Wildman–Crippen LogP) is 3.38. The maximum Gasteiger partial charge on any atom is 0.254 e. The molecule has 4 aromatic rings. The third kappa shape index (κ3) is 5.59. The van der Waals surface area contributed by atoms with Crippen LogP contribution >= 0.6 is 0 Å². The summed E-state index contributed by atoms with van der Waals surface area (Å²) < 4.78 is 26.8. The van der Waals surface area contributed by atoms with E-state index in [-0.39, 0.29) is 11.8 Å². The summed E-state index contributed by atoms with van der Waals surface area (Å²) >= 11 is -1.61. The standard InChI is InChI=1S/C28H27N5O5S/c1-37-23-17-20(8-9-22(23)31-39(36)24-7-3-5-19-6-4-11-30-26(19)24)27(34)32-13-15-33(16-14-32)28(35)21-10-12-29-25(18-21)38-2/h3-12,17-18,31H,13-16H2,1-2H3. The minimum Gasteiger partial charge on any atom is -0.588 e. The van der Waals surface area contributed by atoms with E-state index in [4.69, 9.17) is 9.47 Å². The quantitative estimate of drug-likeness (QED) is 0.351. The third-order valence-corrected chi connectivity index (χ3v) is 7.63. The molecule has 5 rings (SSSR count). The van der Waals surface area contributed by atoms with Crippen LogP contribution in [0.5, 0.6) is 11.6 Å². The molecule has 10 nitrogen and oxygen atoms in total. The zero-order valence-electron chi connectivity index (χ0n) is 21.5. The van der Waals surface area contributed by atoms with Crippen LogP contribution in [0.15, 0.2) is 78.0 Å². The lowest BCUT2D eigenvalue weighted by atomic mass is 10.1. The molecule has 1 unspecified atom stereocenters. The molecule has 0 bridgehead atoms. The number of carbonyl (C=O) groups is 2. The summed E-state index contributed by atoms with van der Waals surface area (Å²) in [6.45, 7) is 1.61. The Morgan fingerprint density at radius 1 is 0.846 bits per heavy atom. The molecule has 2 amide bonds. The molecule has 11 heteroatoms. The Hall–Kier alpha value is -4.35. The zero-order chi connectivity index (χ0) is 27.4. The summed E-state index contributed by atoms with van der Waals surface area (Å²) in [4.78, 5) is 38.5. The number of methoxy groups -OCH3 is 2. The van der Waals surface area contributed by atoms with Gasteiger partial charge in [0, 0.05) is 61.2 Å². The van der Waals surface area contributed by atoms with Gasteiger partial charge in [-0.3, -0.25) is 14.6 Å². The number of nitrogens with one attached hydrogen (secondary N) is 1. The summed E-state index contributed by atoms with van der Waals surface area (Å²) in [6.07, 6.45) is 3.20. The molecule has 0 aliphatic carbocycles. The number of pyridine rings is 2. The van der Waals surface area contributed by atoms with Gasteiger partial charge in [-0.1, -0.05) is 18.2 Å². The van der Waals surface area contributed by atoms with Crippen LogP contribution in [0, 0.1) is 0 Å². The van der Waals surface area contributed by atoms with Gasteiger partial charge in [0.2, 0.25) is 10.8 Å². The molecular weight excluding hydrogens is 518 g/mol. The van der Waals surface area contributed by atoms with Crippen LogP contribution in [0.25, 0.3) is 10.9 Å². The van der Waals surface area contributed by atoms with Gasteiger partial charge in [0.15, 0.2) is 0 Å². The Morgan fingerprint density at radius 3 is 2.23 bits per heavy atom. The maximum absolute atomic E-state index is 13.3. The van der Waals surface area contributed by atoms with Crippen LogP contribution in [0.3, 0.4) is 0 Å². The van der Waals surface area contributed by atoms with Gasteiger partial charge in [-0.25, -0.2) is 4.98 Å². The van der Waals surface area contributed by atoms with Crippen molar-refractivity contribution in [3.05, 3.63) is 84.2 Å². The summed E-state index contributed by atoms with van der Waals surface area (Å²) in [7, 11) is 3.00. The van der Waals surface area contributed by atoms with Crippen molar-refractivity contribution in [1.82, 2.24) is 19.8 Å². The number of amides is 2. The number of benzene rings is 2. The lowest BCUT2D eigenvalue weighted by Crippen LogP contribution is -2.50. The SMILES string of the molecule is COc1cc(C(=O)N2CCN(C(=O)c3ccc(N[S+]([O-])c4cccc5cccnc45)c(OC)c3)CC2)ccn1. The van der Waals surface area contributed by atoms with Crippen molar-refractivity contribution < 1.29 is 23.6 Å². The van der Waals surface area contributed by atoms with Crippen molar-refractivity contribution >= 4 is 39.8 Å². The van der Waals surface area contributed by atoms with Gasteiger partial charge in [-0.05, 0) is 36.4 Å². The van der Waals surface area contributed by atoms with Crippen molar-refractivity contribution in [2.24, 2.45) is 0 Å². The number of nitrogens with zero attached hydrogens (tertiary/aromatic N) is 4. The second-order valence-electron chi connectivity index (χ2n) is 8.79. The molecule has 3 heterocycles. The Labute approximate surface area is 228 Å². The number of ether oxygens (including phenoxy) is 2. The highest BCUT2D eigenvalue weighted by atomic mass is 32.2. The smallest absolute Gasteiger partial charge is 0.254 e. The highest BCUT2D eigenvalue weighted by molar-refractivity contribution is 7.93. The normalized spacial score (nSPS) is 14.1. The van der Waals surface area contributed by atoms with E-state index in [1.807, 2.05) is 24.3 Å². The molecule has 1 aliphatic heterocycles. The number of carbonyl (C=O) groups excluding carboxylic acids is 2. The lowest BCUT2D eigenvalue weighted by molar-refractivity contribution is 0.0535. The molecule has 0 spiro atoms.